The zero-order chi connectivity index (χ0) is 39.1. The molecule has 8 atom stereocenters. The minimum Gasteiger partial charge on any atom is -0.481 e. The molecule has 3 N–H and O–H groups in total. The fourth-order valence-electron chi connectivity index (χ4n) is 8.32. The monoisotopic (exact) mass is 727 g/mol. The molecule has 0 bridgehead atoms. The van der Waals surface area contributed by atoms with Crippen LogP contribution in [0.25, 0.3) is 0 Å². The van der Waals surface area contributed by atoms with E-state index in [0.29, 0.717) is 13.0 Å². The van der Waals surface area contributed by atoms with E-state index in [2.05, 4.69) is 0 Å². The van der Waals surface area contributed by atoms with Crippen LogP contribution in [0.1, 0.15) is 105 Å². The lowest BCUT2D eigenvalue weighted by Crippen LogP contribution is -2.54. The third-order valence-corrected chi connectivity index (χ3v) is 12.1. The number of carboxylic acid groups (broad SMARTS) is 1. The second kappa shape index (κ2) is 18.3. The number of carbonyl (C=O) groups is 5. The number of nitrogens with zero attached hydrogens (tertiary/aromatic N) is 2. The average molecular weight is 728 g/mol. The topological polar surface area (TPSA) is 157 Å². The van der Waals surface area contributed by atoms with Crippen LogP contribution < -0.4 is 5.73 Å². The van der Waals surface area contributed by atoms with Gasteiger partial charge in [-0.1, -0.05) is 71.4 Å². The van der Waals surface area contributed by atoms with Gasteiger partial charge in [0.2, 0.25) is 11.8 Å². The van der Waals surface area contributed by atoms with Crippen LogP contribution >= 0.6 is 0 Å². The number of likely N-dealkylation sites (tertiary alicyclic amines) is 1. The van der Waals surface area contributed by atoms with E-state index in [1.807, 2.05) is 58.0 Å². The van der Waals surface area contributed by atoms with Crippen LogP contribution in [-0.4, -0.2) is 102 Å². The number of carboxylic acids is 1. The van der Waals surface area contributed by atoms with Gasteiger partial charge in [-0.2, -0.15) is 0 Å². The summed E-state index contributed by atoms with van der Waals surface area (Å²) in [6, 6.07) is 8.75. The minimum absolute atomic E-state index is 0.0141. The van der Waals surface area contributed by atoms with Gasteiger partial charge >= 0.3 is 5.97 Å². The Bertz CT molecular complexity index is 1390. The average Bonchev–Trinajstić information content (AvgIpc) is 3.76. The highest BCUT2D eigenvalue weighted by atomic mass is 16.5. The molecular weight excluding hydrogens is 662 g/mol. The maximum absolute atomic E-state index is 14.2. The quantitative estimate of drug-likeness (QED) is 0.172. The highest BCUT2D eigenvalue weighted by molar-refractivity contribution is 5.92. The number of likely N-dealkylation sites (N-methyl/N-ethyl adjacent to an activating group) is 1. The molecule has 2 amide bonds. The van der Waals surface area contributed by atoms with E-state index in [1.165, 1.54) is 7.11 Å². The lowest BCUT2D eigenvalue weighted by atomic mass is 9.77. The van der Waals surface area contributed by atoms with E-state index < -0.39 is 52.9 Å². The van der Waals surface area contributed by atoms with E-state index in [4.69, 9.17) is 15.2 Å². The molecule has 2 fully saturated rings. The van der Waals surface area contributed by atoms with Gasteiger partial charge in [0.1, 0.15) is 5.78 Å². The van der Waals surface area contributed by atoms with Gasteiger partial charge in [-0.15, -0.1) is 0 Å². The molecule has 1 heterocycles. The summed E-state index contributed by atoms with van der Waals surface area (Å²) in [6.07, 6.45) is 2.23. The van der Waals surface area contributed by atoms with Gasteiger partial charge in [0.15, 0.2) is 5.78 Å². The van der Waals surface area contributed by atoms with Crippen molar-refractivity contribution < 1.29 is 38.6 Å². The van der Waals surface area contributed by atoms with Crippen molar-refractivity contribution in [2.45, 2.75) is 135 Å². The Morgan fingerprint density at radius 1 is 1.00 bits per heavy atom. The fourth-order valence-corrected chi connectivity index (χ4v) is 8.32. The van der Waals surface area contributed by atoms with Crippen molar-refractivity contribution in [3.8, 4) is 0 Å². The molecule has 0 unspecified atom stereocenters. The maximum atomic E-state index is 14.2. The molecular formula is C41H65N3O8. The Hall–Kier alpha value is -3.15. The highest BCUT2D eigenvalue weighted by Gasteiger charge is 2.55. The minimum atomic E-state index is -1.06. The SMILES string of the molecule is CC[C@H](C)[C@@H]([C@@H](CC(=O)N1CCC[C@H]1[C@H](OC)[C@@H](C)C(=O)C[C@@H](C(=O)O)C1(c2ccccc2)CC1)OC)N(C)C(=O)[C@@H](CC(=O)C(C)(C)N)C(C)C. The van der Waals surface area contributed by atoms with Gasteiger partial charge in [0.05, 0.1) is 42.2 Å². The Balaban J connectivity index is 1.79. The molecule has 11 heteroatoms. The Morgan fingerprint density at radius 2 is 1.62 bits per heavy atom. The Labute approximate surface area is 311 Å². The van der Waals surface area contributed by atoms with Crippen LogP contribution in [-0.2, 0) is 38.9 Å². The van der Waals surface area contributed by atoms with Crippen LogP contribution in [0.5, 0.6) is 0 Å². The third-order valence-electron chi connectivity index (χ3n) is 12.1. The van der Waals surface area contributed by atoms with Crippen molar-refractivity contribution in [3.05, 3.63) is 35.9 Å². The number of nitrogens with two attached hydrogens (primary N) is 1. The first-order valence-corrected chi connectivity index (χ1v) is 19.1. The predicted octanol–water partition coefficient (Wildman–Crippen LogP) is 5.27. The van der Waals surface area contributed by atoms with Gasteiger partial charge in [-0.3, -0.25) is 24.0 Å². The standard InChI is InChI=1S/C41H65N3O8/c1-11-26(4)36(43(8)38(48)29(25(2)3)22-34(46)40(6,7)42)33(51-9)24-35(47)44-21-15-18-31(44)37(52-10)27(5)32(45)23-30(39(49)50)41(19-20-41)28-16-13-12-14-17-28/h12-14,16-17,25-27,29-31,33,36-37H,11,15,18-24,42H2,1-10H3,(H,49,50)/t26-,27-,29-,30-,31-,33+,36-,37+/m0/s1. The van der Waals surface area contributed by atoms with Crippen LogP contribution in [0, 0.1) is 29.6 Å². The summed E-state index contributed by atoms with van der Waals surface area (Å²) in [5.41, 5.74) is 5.42. The number of rotatable bonds is 21. The van der Waals surface area contributed by atoms with Crippen molar-refractivity contribution in [1.29, 1.82) is 0 Å². The van der Waals surface area contributed by atoms with Gasteiger partial charge < -0.3 is 30.1 Å². The maximum Gasteiger partial charge on any atom is 0.307 e. The molecule has 1 saturated carbocycles. The summed E-state index contributed by atoms with van der Waals surface area (Å²) in [6.45, 7) is 13.5. The molecule has 1 aliphatic carbocycles. The molecule has 1 saturated heterocycles. The summed E-state index contributed by atoms with van der Waals surface area (Å²) in [4.78, 5) is 71.0. The summed E-state index contributed by atoms with van der Waals surface area (Å²) in [5, 5.41) is 10.3. The van der Waals surface area contributed by atoms with E-state index in [9.17, 15) is 29.1 Å². The molecule has 1 aromatic carbocycles. The number of methoxy groups -OCH3 is 2. The summed E-state index contributed by atoms with van der Waals surface area (Å²) in [7, 11) is 4.81. The molecule has 0 spiro atoms. The number of hydrogen-bond acceptors (Lipinski definition) is 8. The molecule has 292 valence electrons. The molecule has 0 radical (unpaired) electrons. The van der Waals surface area contributed by atoms with Crippen LogP contribution in [0.15, 0.2) is 30.3 Å². The smallest absolute Gasteiger partial charge is 0.307 e. The van der Waals surface area contributed by atoms with Crippen LogP contribution in [0.4, 0.5) is 0 Å². The van der Waals surface area contributed by atoms with Gasteiger partial charge in [0.25, 0.3) is 0 Å². The lowest BCUT2D eigenvalue weighted by Gasteiger charge is -2.41. The number of benzene rings is 1. The van der Waals surface area contributed by atoms with E-state index >= 15 is 0 Å². The van der Waals surface area contributed by atoms with Crippen LogP contribution in [0.2, 0.25) is 0 Å². The number of ether oxygens (including phenoxy) is 2. The molecule has 2 aliphatic rings. The first kappa shape index (κ1) is 43.3. The van der Waals surface area contributed by atoms with Crippen LogP contribution in [0.3, 0.4) is 0 Å². The van der Waals surface area contributed by atoms with Crippen molar-refractivity contribution in [3.63, 3.8) is 0 Å². The molecule has 11 nitrogen and oxygen atoms in total. The largest absolute Gasteiger partial charge is 0.481 e. The van der Waals surface area contributed by atoms with E-state index in [1.54, 1.807) is 44.7 Å². The summed E-state index contributed by atoms with van der Waals surface area (Å²) < 4.78 is 11.9. The van der Waals surface area contributed by atoms with E-state index in [0.717, 1.165) is 31.2 Å². The van der Waals surface area contributed by atoms with Crippen molar-refractivity contribution >= 4 is 29.4 Å². The number of Topliss-reactive ketones (excluding diaryl/α,β-unsaturated/α-hetero) is 2. The lowest BCUT2D eigenvalue weighted by molar-refractivity contribution is -0.149. The normalized spacial score (nSPS) is 21.1. The second-order valence-corrected chi connectivity index (χ2v) is 16.4. The second-order valence-electron chi connectivity index (χ2n) is 16.4. The van der Waals surface area contributed by atoms with Crippen molar-refractivity contribution in [1.82, 2.24) is 9.80 Å². The zero-order valence-electron chi connectivity index (χ0n) is 33.2. The Kier molecular flexibility index (Phi) is 15.2. The first-order chi connectivity index (χ1) is 24.4. The summed E-state index contributed by atoms with van der Waals surface area (Å²) >= 11 is 0. The predicted molar refractivity (Wildman–Crippen MR) is 200 cm³/mol. The van der Waals surface area contributed by atoms with E-state index in [-0.39, 0.29) is 60.5 Å². The Morgan fingerprint density at radius 3 is 2.10 bits per heavy atom. The number of carbonyl (C=O) groups excluding carboxylic acids is 4. The van der Waals surface area contributed by atoms with Crippen molar-refractivity contribution in [2.75, 3.05) is 27.8 Å². The molecule has 0 aromatic heterocycles. The number of amides is 2. The van der Waals surface area contributed by atoms with Gasteiger partial charge in [-0.05, 0) is 56.9 Å². The van der Waals surface area contributed by atoms with Crippen molar-refractivity contribution in [2.24, 2.45) is 35.3 Å². The van der Waals surface area contributed by atoms with Gasteiger partial charge in [-0.25, -0.2) is 0 Å². The number of aliphatic carboxylic acids is 1. The highest BCUT2D eigenvalue weighted by Crippen LogP contribution is 2.55. The molecule has 1 aromatic rings. The third kappa shape index (κ3) is 9.88. The first-order valence-electron chi connectivity index (χ1n) is 19.1. The summed E-state index contributed by atoms with van der Waals surface area (Å²) in [5.74, 6) is -3.89. The molecule has 52 heavy (non-hydrogen) atoms. The number of ketones is 2. The molecule has 3 rings (SSSR count). The number of hydrogen-bond donors (Lipinski definition) is 2. The zero-order valence-corrected chi connectivity index (χ0v) is 33.2. The molecule has 1 aliphatic heterocycles. The van der Waals surface area contributed by atoms with Gasteiger partial charge in [0, 0.05) is 57.9 Å². The fraction of sp³-hybridized carbons (Fsp3) is 0.732.